The van der Waals surface area contributed by atoms with Crippen molar-refractivity contribution in [2.45, 2.75) is 12.5 Å². The molecular formula is C7H2F6N2O4. The van der Waals surface area contributed by atoms with Crippen LogP contribution in [0.25, 0.3) is 0 Å². The van der Waals surface area contributed by atoms with Crippen LogP contribution in [-0.4, -0.2) is 16.3 Å². The first kappa shape index (κ1) is 14.8. The topological polar surface area (TPSA) is 85.2 Å². The quantitative estimate of drug-likeness (QED) is 0.514. The average molecular weight is 292 g/mol. The van der Waals surface area contributed by atoms with Gasteiger partial charge in [-0.05, 0) is 4.92 Å². The number of alkyl halides is 6. The Morgan fingerprint density at radius 2 is 1.74 bits per heavy atom. The van der Waals surface area contributed by atoms with Gasteiger partial charge in [0.05, 0.1) is 6.07 Å². The molecule has 0 fully saturated rings. The highest BCUT2D eigenvalue weighted by Crippen LogP contribution is 2.36. The van der Waals surface area contributed by atoms with Gasteiger partial charge < -0.3 is 14.9 Å². The number of nitrogens with one attached hydrogen (secondary N) is 1. The van der Waals surface area contributed by atoms with E-state index in [1.165, 1.54) is 4.98 Å². The fraction of sp³-hybridized carbons (Fsp3) is 0.286. The Labute approximate surface area is 98.3 Å². The third kappa shape index (κ3) is 3.59. The first-order valence-corrected chi connectivity index (χ1v) is 4.16. The third-order valence-corrected chi connectivity index (χ3v) is 1.69. The summed E-state index contributed by atoms with van der Waals surface area (Å²) in [5.74, 6) is -3.35. The zero-order valence-corrected chi connectivity index (χ0v) is 8.43. The highest BCUT2D eigenvalue weighted by atomic mass is 19.4. The minimum atomic E-state index is -5.54. The Kier molecular flexibility index (Phi) is 3.45. The molecule has 0 saturated carbocycles. The van der Waals surface area contributed by atoms with Crippen molar-refractivity contribution in [3.63, 3.8) is 0 Å². The van der Waals surface area contributed by atoms with Crippen LogP contribution in [0.15, 0.2) is 10.9 Å². The van der Waals surface area contributed by atoms with Crippen LogP contribution < -0.4 is 10.3 Å². The van der Waals surface area contributed by atoms with Crippen molar-refractivity contribution in [1.29, 1.82) is 0 Å². The molecule has 0 aliphatic carbocycles. The lowest BCUT2D eigenvalue weighted by Crippen LogP contribution is -2.27. The summed E-state index contributed by atoms with van der Waals surface area (Å²) in [5.41, 5.74) is -4.42. The molecule has 19 heavy (non-hydrogen) atoms. The maximum atomic E-state index is 12.4. The summed E-state index contributed by atoms with van der Waals surface area (Å²) in [6, 6.07) is -0.169. The standard InChI is InChI=1S/C7H2F6N2O4/c8-6(9,10)4-2(19-7(11,12)13)1-3(15(17)18)14-5(4)16/h1H,(H,14,16). The molecule has 1 rings (SSSR count). The molecule has 0 saturated heterocycles. The lowest BCUT2D eigenvalue weighted by Gasteiger charge is -2.13. The molecule has 0 unspecified atom stereocenters. The van der Waals surface area contributed by atoms with Crippen LogP contribution in [0.2, 0.25) is 0 Å². The van der Waals surface area contributed by atoms with Crippen LogP contribution in [0.1, 0.15) is 5.56 Å². The molecule has 1 heterocycles. The van der Waals surface area contributed by atoms with E-state index in [9.17, 15) is 41.3 Å². The van der Waals surface area contributed by atoms with E-state index in [1.54, 1.807) is 0 Å². The molecule has 1 aromatic heterocycles. The Bertz CT molecular complexity index is 560. The number of nitrogens with zero attached hydrogens (tertiary/aromatic N) is 1. The fourth-order valence-electron chi connectivity index (χ4n) is 1.10. The van der Waals surface area contributed by atoms with E-state index in [2.05, 4.69) is 4.74 Å². The molecule has 1 aromatic rings. The summed E-state index contributed by atoms with van der Waals surface area (Å²) in [6.45, 7) is 0. The zero-order valence-electron chi connectivity index (χ0n) is 8.43. The number of aromatic amines is 1. The Hall–Kier alpha value is -2.27. The Balaban J connectivity index is 3.54. The molecular weight excluding hydrogens is 290 g/mol. The number of nitro groups is 1. The summed E-state index contributed by atoms with van der Waals surface area (Å²) in [6.07, 6.45) is -11.0. The summed E-state index contributed by atoms with van der Waals surface area (Å²) in [5, 5.41) is 10.2. The van der Waals surface area contributed by atoms with E-state index in [4.69, 9.17) is 0 Å². The highest BCUT2D eigenvalue weighted by Gasteiger charge is 2.43. The van der Waals surface area contributed by atoms with E-state index < -0.39 is 40.2 Å². The van der Waals surface area contributed by atoms with Gasteiger partial charge in [-0.3, -0.25) is 0 Å². The van der Waals surface area contributed by atoms with Crippen LogP contribution in [0.3, 0.4) is 0 Å². The molecule has 0 aliphatic rings. The van der Waals surface area contributed by atoms with Crippen molar-refractivity contribution in [3.05, 3.63) is 32.1 Å². The molecule has 0 aliphatic heterocycles. The molecule has 12 heteroatoms. The summed E-state index contributed by atoms with van der Waals surface area (Å²) < 4.78 is 75.8. The van der Waals surface area contributed by atoms with Gasteiger partial charge >= 0.3 is 23.9 Å². The average Bonchev–Trinajstić information content (AvgIpc) is 2.10. The summed E-state index contributed by atoms with van der Waals surface area (Å²) in [7, 11) is 0. The van der Waals surface area contributed by atoms with E-state index in [0.717, 1.165) is 0 Å². The minimum absolute atomic E-state index is 0.169. The molecule has 1 N–H and O–H groups in total. The van der Waals surface area contributed by atoms with Crippen molar-refractivity contribution in [2.75, 3.05) is 0 Å². The predicted octanol–water partition coefficient (Wildman–Crippen LogP) is 2.20. The van der Waals surface area contributed by atoms with E-state index in [0.29, 0.717) is 0 Å². The van der Waals surface area contributed by atoms with Crippen molar-refractivity contribution in [2.24, 2.45) is 0 Å². The fourth-order valence-corrected chi connectivity index (χ4v) is 1.10. The number of ether oxygens (including phenoxy) is 1. The van der Waals surface area contributed by atoms with E-state index in [-0.39, 0.29) is 6.07 Å². The molecule has 0 bridgehead atoms. The molecule has 0 spiro atoms. The summed E-state index contributed by atoms with van der Waals surface area (Å²) in [4.78, 5) is 21.0. The number of halogens is 6. The predicted molar refractivity (Wildman–Crippen MR) is 45.4 cm³/mol. The Morgan fingerprint density at radius 3 is 2.11 bits per heavy atom. The lowest BCUT2D eigenvalue weighted by molar-refractivity contribution is -0.390. The van der Waals surface area contributed by atoms with Gasteiger partial charge in [-0.2, -0.15) is 13.2 Å². The van der Waals surface area contributed by atoms with Crippen LogP contribution in [0, 0.1) is 10.1 Å². The smallest absolute Gasteiger partial charge is 0.405 e. The van der Waals surface area contributed by atoms with Gasteiger partial charge in [0.2, 0.25) is 0 Å². The maximum Gasteiger partial charge on any atom is 0.573 e. The van der Waals surface area contributed by atoms with Crippen molar-refractivity contribution in [3.8, 4) is 5.75 Å². The first-order valence-electron chi connectivity index (χ1n) is 4.16. The van der Waals surface area contributed by atoms with Gasteiger partial charge in [0.1, 0.15) is 0 Å². The second kappa shape index (κ2) is 4.44. The van der Waals surface area contributed by atoms with Gasteiger partial charge in [-0.25, -0.2) is 9.78 Å². The first-order chi connectivity index (χ1) is 8.42. The maximum absolute atomic E-state index is 12.4. The number of pyridine rings is 1. The number of hydrogen-bond donors (Lipinski definition) is 1. The van der Waals surface area contributed by atoms with Crippen LogP contribution in [0.4, 0.5) is 32.2 Å². The van der Waals surface area contributed by atoms with Gasteiger partial charge in [0, 0.05) is 0 Å². The minimum Gasteiger partial charge on any atom is -0.405 e. The highest BCUT2D eigenvalue weighted by molar-refractivity contribution is 5.40. The zero-order chi connectivity index (χ0) is 15.0. The lowest BCUT2D eigenvalue weighted by atomic mass is 10.2. The molecule has 0 atom stereocenters. The van der Waals surface area contributed by atoms with Gasteiger partial charge in [-0.1, -0.05) is 0 Å². The number of hydrogen-bond acceptors (Lipinski definition) is 4. The van der Waals surface area contributed by atoms with E-state index in [1.807, 2.05) is 0 Å². The van der Waals surface area contributed by atoms with Crippen molar-refractivity contribution in [1.82, 2.24) is 4.98 Å². The second-order valence-electron chi connectivity index (χ2n) is 3.03. The Morgan fingerprint density at radius 1 is 1.21 bits per heavy atom. The molecule has 0 radical (unpaired) electrons. The SMILES string of the molecule is O=c1[nH]c([N+](=O)[O-])cc(OC(F)(F)F)c1C(F)(F)F. The van der Waals surface area contributed by atoms with Crippen LogP contribution in [-0.2, 0) is 6.18 Å². The van der Waals surface area contributed by atoms with Gasteiger partial charge in [0.25, 0.3) is 0 Å². The normalized spacial score (nSPS) is 12.3. The number of aromatic nitrogens is 1. The van der Waals surface area contributed by atoms with Crippen molar-refractivity contribution < 1.29 is 36.0 Å². The molecule has 106 valence electrons. The van der Waals surface area contributed by atoms with Crippen LogP contribution in [0.5, 0.6) is 5.75 Å². The molecule has 6 nitrogen and oxygen atoms in total. The van der Waals surface area contributed by atoms with Gasteiger partial charge in [0.15, 0.2) is 11.3 Å². The van der Waals surface area contributed by atoms with E-state index >= 15 is 0 Å². The van der Waals surface area contributed by atoms with Crippen LogP contribution >= 0.6 is 0 Å². The second-order valence-corrected chi connectivity index (χ2v) is 3.03. The largest absolute Gasteiger partial charge is 0.573 e. The third-order valence-electron chi connectivity index (χ3n) is 1.69. The summed E-state index contributed by atoms with van der Waals surface area (Å²) >= 11 is 0. The van der Waals surface area contributed by atoms with Crippen molar-refractivity contribution >= 4 is 5.82 Å². The number of rotatable bonds is 2. The molecule has 0 amide bonds. The molecule has 0 aromatic carbocycles. The van der Waals surface area contributed by atoms with Gasteiger partial charge in [-0.15, -0.1) is 13.2 Å². The monoisotopic (exact) mass is 292 g/mol. The number of H-pyrrole nitrogens is 1.